The van der Waals surface area contributed by atoms with Crippen LogP contribution >= 0.6 is 0 Å². The van der Waals surface area contributed by atoms with Crippen LogP contribution < -0.4 is 9.47 Å². The van der Waals surface area contributed by atoms with E-state index in [0.717, 1.165) is 37.6 Å². The topological polar surface area (TPSA) is 18.5 Å². The average molecular weight is 442 g/mol. The van der Waals surface area contributed by atoms with Crippen LogP contribution in [0.5, 0.6) is 11.5 Å². The molecule has 0 bridgehead atoms. The first-order valence-corrected chi connectivity index (χ1v) is 10.2. The van der Waals surface area contributed by atoms with E-state index in [-0.39, 0.29) is 0 Å². The summed E-state index contributed by atoms with van der Waals surface area (Å²) in [6.45, 7) is 0. The Morgan fingerprint density at radius 1 is 0.789 bits per heavy atom. The summed E-state index contributed by atoms with van der Waals surface area (Å²) in [7, 11) is 3.40. The fourth-order valence-corrected chi connectivity index (χ4v) is 4.79. The first-order chi connectivity index (χ1) is 9.28. The van der Waals surface area contributed by atoms with Crippen LogP contribution in [0.25, 0.3) is 0 Å². The molecule has 0 saturated heterocycles. The molecule has 95 valence electrons. The fraction of sp³-hybridized carbons (Fsp3) is 0.250. The quantitative estimate of drug-likeness (QED) is 0.657. The van der Waals surface area contributed by atoms with E-state index in [9.17, 15) is 0 Å². The molecule has 2 nitrogen and oxygen atoms in total. The summed E-state index contributed by atoms with van der Waals surface area (Å²) < 4.78 is 11.7. The van der Waals surface area contributed by atoms with Gasteiger partial charge in [-0.2, -0.15) is 0 Å². The Hall–Kier alpha value is -1.02. The monoisotopic (exact) mass is 443 g/mol. The first-order valence-electron chi connectivity index (χ1n) is 6.35. The van der Waals surface area contributed by atoms with Crippen molar-refractivity contribution < 1.29 is 35.6 Å². The van der Waals surface area contributed by atoms with Crippen LogP contribution in [0.4, 0.5) is 0 Å². The van der Waals surface area contributed by atoms with Crippen molar-refractivity contribution in [2.75, 3.05) is 14.2 Å². The third-order valence-electron chi connectivity index (χ3n) is 3.33. The summed E-state index contributed by atoms with van der Waals surface area (Å²) in [4.78, 5) is 0. The predicted molar refractivity (Wildman–Crippen MR) is 72.6 cm³/mol. The zero-order valence-corrected chi connectivity index (χ0v) is 16.9. The van der Waals surface area contributed by atoms with E-state index in [0.29, 0.717) is 5.92 Å². The van der Waals surface area contributed by atoms with Crippen molar-refractivity contribution in [2.45, 2.75) is 9.85 Å². The maximum absolute atomic E-state index is 5.21. The summed E-state index contributed by atoms with van der Waals surface area (Å²) in [6, 6.07) is 16.8. The molecule has 0 saturated carbocycles. The van der Waals surface area contributed by atoms with Gasteiger partial charge >= 0.3 is 131 Å². The number of methoxy groups -OCH3 is 2. The molecule has 0 aliphatic rings. The van der Waals surface area contributed by atoms with E-state index in [2.05, 4.69) is 24.3 Å². The van der Waals surface area contributed by atoms with Gasteiger partial charge in [0.2, 0.25) is 0 Å². The third-order valence-corrected chi connectivity index (χ3v) is 5.57. The van der Waals surface area contributed by atoms with Crippen LogP contribution in [0.3, 0.4) is 0 Å². The van der Waals surface area contributed by atoms with Crippen molar-refractivity contribution in [3.63, 3.8) is 0 Å². The molecule has 0 heterocycles. The number of hydrogen-bond acceptors (Lipinski definition) is 2. The zero-order chi connectivity index (χ0) is 13.7. The van der Waals surface area contributed by atoms with Crippen molar-refractivity contribution in [1.82, 2.24) is 0 Å². The van der Waals surface area contributed by atoms with Gasteiger partial charge in [0.25, 0.3) is 0 Å². The molecule has 2 rings (SSSR count). The molecule has 0 aliphatic heterocycles. The Morgan fingerprint density at radius 2 is 1.16 bits per heavy atom. The van der Waals surface area contributed by atoms with Crippen LogP contribution in [-0.2, 0) is 26.1 Å². The van der Waals surface area contributed by atoms with Gasteiger partial charge in [-0.25, -0.2) is 0 Å². The fourth-order valence-electron chi connectivity index (χ4n) is 2.20. The minimum absolute atomic E-state index is 0.500. The molecular formula is C16H17HgO2. The SMILES string of the molecule is COc1ccc(C([CH2][Hg])c2ccc(OC)cc2)cc1. The molecule has 0 fully saturated rings. The van der Waals surface area contributed by atoms with Gasteiger partial charge < -0.3 is 0 Å². The van der Waals surface area contributed by atoms with Gasteiger partial charge in [0, 0.05) is 0 Å². The van der Waals surface area contributed by atoms with Crippen molar-refractivity contribution in [3.05, 3.63) is 59.7 Å². The first kappa shape index (κ1) is 14.4. The van der Waals surface area contributed by atoms with Crippen LogP contribution in [0.2, 0.25) is 3.93 Å². The number of benzene rings is 2. The van der Waals surface area contributed by atoms with Gasteiger partial charge in [0.1, 0.15) is 0 Å². The second kappa shape index (κ2) is 6.95. The molecule has 2 aromatic rings. The van der Waals surface area contributed by atoms with E-state index in [1.807, 2.05) is 24.3 Å². The molecule has 0 aromatic heterocycles. The Labute approximate surface area is 130 Å². The molecule has 0 aliphatic carbocycles. The van der Waals surface area contributed by atoms with Gasteiger partial charge in [0.15, 0.2) is 0 Å². The minimum atomic E-state index is 0.500. The van der Waals surface area contributed by atoms with Crippen LogP contribution in [0.15, 0.2) is 48.5 Å². The zero-order valence-electron chi connectivity index (χ0n) is 11.4. The molecule has 0 spiro atoms. The van der Waals surface area contributed by atoms with E-state index >= 15 is 0 Å². The van der Waals surface area contributed by atoms with E-state index in [4.69, 9.17) is 9.47 Å². The van der Waals surface area contributed by atoms with E-state index < -0.39 is 0 Å². The Kier molecular flexibility index (Phi) is 5.26. The van der Waals surface area contributed by atoms with Crippen molar-refractivity contribution >= 4 is 0 Å². The molecule has 3 heteroatoms. The summed E-state index contributed by atoms with van der Waals surface area (Å²) in [5.74, 6) is 2.33. The predicted octanol–water partition coefficient (Wildman–Crippen LogP) is 3.80. The normalized spacial score (nSPS) is 10.6. The van der Waals surface area contributed by atoms with Crippen LogP contribution in [0, 0.1) is 0 Å². The Balaban J connectivity index is 2.26. The van der Waals surface area contributed by atoms with Gasteiger partial charge in [-0.3, -0.25) is 0 Å². The molecule has 0 amide bonds. The molecule has 0 atom stereocenters. The molecule has 0 N–H and O–H groups in total. The maximum atomic E-state index is 5.21. The standard InChI is InChI=1S/C16H17O2.Hg/c1-12(13-4-8-15(17-2)9-5-13)14-6-10-16(18-3)11-7-14;/h4-12H,1H2,2-3H3;. The second-order valence-corrected chi connectivity index (χ2v) is 6.63. The summed E-state index contributed by atoms with van der Waals surface area (Å²) >= 11 is 0.765. The third kappa shape index (κ3) is 3.50. The van der Waals surface area contributed by atoms with Gasteiger partial charge in [-0.05, 0) is 0 Å². The summed E-state index contributed by atoms with van der Waals surface area (Å²) in [6.07, 6.45) is 0. The average Bonchev–Trinajstić information content (AvgIpc) is 2.49. The van der Waals surface area contributed by atoms with Crippen molar-refractivity contribution in [1.29, 1.82) is 0 Å². The summed E-state index contributed by atoms with van der Waals surface area (Å²) in [5, 5.41) is 0. The van der Waals surface area contributed by atoms with Crippen molar-refractivity contribution in [3.8, 4) is 11.5 Å². The number of ether oxygens (including phenoxy) is 2. The van der Waals surface area contributed by atoms with Crippen LogP contribution in [0.1, 0.15) is 17.0 Å². The van der Waals surface area contributed by atoms with Gasteiger partial charge in [0.05, 0.1) is 0 Å². The molecule has 19 heavy (non-hydrogen) atoms. The molecule has 2 aromatic carbocycles. The summed E-state index contributed by atoms with van der Waals surface area (Å²) in [5.41, 5.74) is 2.72. The molecule has 0 unspecified atom stereocenters. The van der Waals surface area contributed by atoms with Gasteiger partial charge in [-0.1, -0.05) is 0 Å². The second-order valence-electron chi connectivity index (χ2n) is 4.39. The molecular weight excluding hydrogens is 425 g/mol. The number of hydrogen-bond donors (Lipinski definition) is 0. The number of rotatable bonds is 5. The Morgan fingerprint density at radius 3 is 1.42 bits per heavy atom. The van der Waals surface area contributed by atoms with E-state index in [1.54, 1.807) is 14.2 Å². The van der Waals surface area contributed by atoms with Gasteiger partial charge in [-0.15, -0.1) is 0 Å². The van der Waals surface area contributed by atoms with Crippen molar-refractivity contribution in [2.24, 2.45) is 0 Å². The van der Waals surface area contributed by atoms with E-state index in [1.165, 1.54) is 15.1 Å². The Bertz CT molecular complexity index is 458. The van der Waals surface area contributed by atoms with Crippen LogP contribution in [-0.4, -0.2) is 14.2 Å². The molecule has 0 radical (unpaired) electrons.